The van der Waals surface area contributed by atoms with Crippen molar-refractivity contribution in [2.75, 3.05) is 0 Å². The average Bonchev–Trinajstić information content (AvgIpc) is 2.91. The molecule has 0 amide bonds. The first-order valence-electron chi connectivity index (χ1n) is 6.42. The maximum atomic E-state index is 10.7. The summed E-state index contributed by atoms with van der Waals surface area (Å²) in [6.07, 6.45) is 1.35. The minimum Gasteiger partial charge on any atom is -0.481 e. The number of halogens is 1. The van der Waals surface area contributed by atoms with Crippen molar-refractivity contribution >= 4 is 28.7 Å². The van der Waals surface area contributed by atoms with Gasteiger partial charge in [-0.25, -0.2) is 4.98 Å². The number of nitrogens with zero attached hydrogens (tertiary/aromatic N) is 1. The highest BCUT2D eigenvalue weighted by atomic mass is 35.5. The Morgan fingerprint density at radius 1 is 1.29 bits per heavy atom. The van der Waals surface area contributed by atoms with Gasteiger partial charge < -0.3 is 9.52 Å². The summed E-state index contributed by atoms with van der Waals surface area (Å²) in [7, 11) is 0. The summed E-state index contributed by atoms with van der Waals surface area (Å²) < 4.78 is 5.05. The second-order valence-electron chi connectivity index (χ2n) is 4.83. The molecule has 0 fully saturated rings. The van der Waals surface area contributed by atoms with Gasteiger partial charge >= 0.3 is 5.97 Å². The Kier molecular flexibility index (Phi) is 3.39. The van der Waals surface area contributed by atoms with E-state index in [2.05, 4.69) is 11.1 Å². The summed E-state index contributed by atoms with van der Waals surface area (Å²) >= 11 is 5.60. The van der Waals surface area contributed by atoms with Crippen LogP contribution < -0.4 is 0 Å². The Hall–Kier alpha value is -2.33. The van der Waals surface area contributed by atoms with Crippen LogP contribution >= 0.6 is 11.6 Å². The van der Waals surface area contributed by atoms with Gasteiger partial charge in [0.05, 0.1) is 5.92 Å². The molecule has 0 aliphatic heterocycles. The van der Waals surface area contributed by atoms with Gasteiger partial charge in [-0.15, -0.1) is 0 Å². The number of carboxylic acid groups (broad SMARTS) is 1. The van der Waals surface area contributed by atoms with Crippen molar-refractivity contribution in [1.82, 2.24) is 4.98 Å². The van der Waals surface area contributed by atoms with Crippen LogP contribution in [0.5, 0.6) is 0 Å². The number of benzene rings is 2. The molecular weight excluding hydrogens is 290 g/mol. The molecule has 5 heteroatoms. The largest absolute Gasteiger partial charge is 0.481 e. The molecule has 1 N–H and O–H groups in total. The molecule has 106 valence electrons. The topological polar surface area (TPSA) is 63.3 Å². The quantitative estimate of drug-likeness (QED) is 0.609. The molecule has 0 bridgehead atoms. The molecule has 4 nitrogen and oxygen atoms in total. The lowest BCUT2D eigenvalue weighted by Gasteiger charge is -2.04. The van der Waals surface area contributed by atoms with Gasteiger partial charge in [-0.3, -0.25) is 4.79 Å². The van der Waals surface area contributed by atoms with Crippen LogP contribution in [-0.4, -0.2) is 16.1 Å². The van der Waals surface area contributed by atoms with Crippen LogP contribution in [0.4, 0.5) is 0 Å². The van der Waals surface area contributed by atoms with Gasteiger partial charge in [0.15, 0.2) is 12.0 Å². The number of hydrogen-bond donors (Lipinski definition) is 1. The number of hydrogen-bond acceptors (Lipinski definition) is 3. The third kappa shape index (κ3) is 2.50. The lowest BCUT2D eigenvalue weighted by Crippen LogP contribution is -2.06. The third-order valence-electron chi connectivity index (χ3n) is 3.50. The molecule has 0 saturated carbocycles. The van der Waals surface area contributed by atoms with Crippen LogP contribution in [0.2, 0.25) is 5.02 Å². The summed E-state index contributed by atoms with van der Waals surface area (Å²) in [5, 5.41) is 12.3. The van der Waals surface area contributed by atoms with E-state index in [0.29, 0.717) is 11.1 Å². The molecule has 1 heterocycles. The van der Waals surface area contributed by atoms with Crippen LogP contribution in [0.15, 0.2) is 47.2 Å². The number of oxazole rings is 1. The fourth-order valence-corrected chi connectivity index (χ4v) is 2.32. The van der Waals surface area contributed by atoms with Crippen molar-refractivity contribution < 1.29 is 14.3 Å². The van der Waals surface area contributed by atoms with Gasteiger partial charge in [0, 0.05) is 10.2 Å². The lowest BCUT2D eigenvalue weighted by molar-refractivity contribution is -0.138. The van der Waals surface area contributed by atoms with E-state index >= 15 is 0 Å². The molecule has 1 aromatic carbocycles. The first-order valence-corrected chi connectivity index (χ1v) is 6.80. The van der Waals surface area contributed by atoms with Crippen molar-refractivity contribution in [3.05, 3.63) is 63.8 Å². The predicted molar refractivity (Wildman–Crippen MR) is 79.2 cm³/mol. The van der Waals surface area contributed by atoms with Crippen molar-refractivity contribution in [2.45, 2.75) is 12.8 Å². The normalized spacial score (nSPS) is 12.5. The fourth-order valence-electron chi connectivity index (χ4n) is 2.03. The van der Waals surface area contributed by atoms with Crippen LogP contribution in [0.25, 0.3) is 11.1 Å². The number of aliphatic carboxylic acids is 1. The smallest absolute Gasteiger partial charge is 0.310 e. The van der Waals surface area contributed by atoms with Crippen LogP contribution in [-0.2, 0) is 4.79 Å². The van der Waals surface area contributed by atoms with Crippen molar-refractivity contribution in [3.8, 4) is 0 Å². The van der Waals surface area contributed by atoms with Gasteiger partial charge in [0.2, 0.25) is 0 Å². The van der Waals surface area contributed by atoms with E-state index in [1.54, 1.807) is 25.1 Å². The molecule has 0 spiro atoms. The summed E-state index contributed by atoms with van der Waals surface area (Å²) in [6.45, 7) is 1.64. The Bertz CT molecular complexity index is 917. The minimum absolute atomic E-state index is 0.518. The molecule has 4 rings (SSSR count). The molecule has 0 saturated heterocycles. The SMILES string of the molecule is CC(C(=O)O)c1ccc2ocnc2c1.Clc1cc2ccc1=2. The van der Waals surface area contributed by atoms with Gasteiger partial charge in [-0.1, -0.05) is 29.8 Å². The van der Waals surface area contributed by atoms with Gasteiger partial charge in [0.1, 0.15) is 5.52 Å². The molecule has 2 aromatic rings. The minimum atomic E-state index is -0.840. The number of carboxylic acids is 1. The summed E-state index contributed by atoms with van der Waals surface area (Å²) in [4.78, 5) is 14.7. The molecule has 1 atom stereocenters. The predicted octanol–water partition coefficient (Wildman–Crippen LogP) is 3.96. The van der Waals surface area contributed by atoms with Gasteiger partial charge in [-0.05, 0) is 35.9 Å². The van der Waals surface area contributed by atoms with Crippen LogP contribution in [0.3, 0.4) is 0 Å². The van der Waals surface area contributed by atoms with E-state index in [1.807, 2.05) is 12.1 Å². The lowest BCUT2D eigenvalue weighted by atomic mass is 10.0. The highest BCUT2D eigenvalue weighted by Crippen LogP contribution is 2.21. The molecular formula is C16H12ClNO3. The van der Waals surface area contributed by atoms with Crippen LogP contribution in [0.1, 0.15) is 18.4 Å². The number of rotatable bonds is 2. The first-order chi connectivity index (χ1) is 10.1. The van der Waals surface area contributed by atoms with Crippen molar-refractivity contribution in [3.63, 3.8) is 0 Å². The zero-order chi connectivity index (χ0) is 15.0. The van der Waals surface area contributed by atoms with E-state index < -0.39 is 11.9 Å². The second-order valence-corrected chi connectivity index (χ2v) is 5.24. The zero-order valence-corrected chi connectivity index (χ0v) is 12.0. The summed E-state index contributed by atoms with van der Waals surface area (Å²) in [5.74, 6) is -1.36. The fraction of sp³-hybridized carbons (Fsp3) is 0.125. The van der Waals surface area contributed by atoms with Gasteiger partial charge in [-0.2, -0.15) is 0 Å². The maximum Gasteiger partial charge on any atom is 0.310 e. The average molecular weight is 302 g/mol. The Labute approximate surface area is 125 Å². The Morgan fingerprint density at radius 2 is 2.10 bits per heavy atom. The highest BCUT2D eigenvalue weighted by molar-refractivity contribution is 6.31. The second kappa shape index (κ2) is 5.22. The molecule has 2 aliphatic rings. The van der Waals surface area contributed by atoms with E-state index in [-0.39, 0.29) is 0 Å². The molecule has 0 radical (unpaired) electrons. The summed E-state index contributed by atoms with van der Waals surface area (Å²) in [6, 6.07) is 11.3. The number of aromatic nitrogens is 1. The number of fused-ring (bicyclic) bond motifs is 1. The van der Waals surface area contributed by atoms with Gasteiger partial charge in [0.25, 0.3) is 0 Å². The number of carbonyl (C=O) groups is 1. The third-order valence-corrected chi connectivity index (χ3v) is 3.82. The standard InChI is InChI=1S/C10H9NO3.C6H3Cl/c1-6(10(12)13)7-2-3-9-8(4-7)11-5-14-9;7-6-3-4-1-2-5(4)6/h2-6H,1H3,(H,12,13);1-3H. The first kappa shape index (κ1) is 13.6. The van der Waals surface area contributed by atoms with E-state index in [9.17, 15) is 4.79 Å². The van der Waals surface area contributed by atoms with E-state index in [4.69, 9.17) is 21.1 Å². The van der Waals surface area contributed by atoms with E-state index in [0.717, 1.165) is 10.6 Å². The molecule has 2 aliphatic carbocycles. The highest BCUT2D eigenvalue weighted by Gasteiger charge is 2.14. The molecule has 1 unspecified atom stereocenters. The van der Waals surface area contributed by atoms with Crippen LogP contribution in [0, 0.1) is 10.4 Å². The van der Waals surface area contributed by atoms with E-state index in [1.165, 1.54) is 16.8 Å². The maximum absolute atomic E-state index is 10.7. The Balaban J connectivity index is 0.000000156. The zero-order valence-electron chi connectivity index (χ0n) is 11.2. The molecule has 1 aromatic heterocycles. The molecule has 21 heavy (non-hydrogen) atoms. The van der Waals surface area contributed by atoms with Crippen molar-refractivity contribution in [1.29, 1.82) is 0 Å². The monoisotopic (exact) mass is 301 g/mol. The summed E-state index contributed by atoms with van der Waals surface area (Å²) in [5.41, 5.74) is 2.10. The Morgan fingerprint density at radius 3 is 2.57 bits per heavy atom. The van der Waals surface area contributed by atoms with Crippen molar-refractivity contribution in [2.24, 2.45) is 0 Å².